The van der Waals surface area contributed by atoms with E-state index < -0.39 is 0 Å². The van der Waals surface area contributed by atoms with Gasteiger partial charge in [-0.3, -0.25) is 0 Å². The van der Waals surface area contributed by atoms with Crippen LogP contribution in [0.4, 0.5) is 0 Å². The standard InChI is InChI=1S/C13H16N2O2/c1-10-4-5-11(6-14-8-16)13(2,3)12(10)7-15-9-17/h4-5,11H,6-7H2,1-3H3. The molecular weight excluding hydrogens is 216 g/mol. The Hall–Kier alpha value is -1.76. The predicted molar refractivity (Wildman–Crippen MR) is 65.1 cm³/mol. The SMILES string of the molecule is CC1=C(CN=C=O)C(C)(C)C(CN=C=O)C=C1. The minimum atomic E-state index is -0.167. The Morgan fingerprint density at radius 3 is 2.53 bits per heavy atom. The van der Waals surface area contributed by atoms with Gasteiger partial charge in [0.25, 0.3) is 0 Å². The first-order valence-corrected chi connectivity index (χ1v) is 5.49. The van der Waals surface area contributed by atoms with Gasteiger partial charge in [-0.1, -0.05) is 26.0 Å². The molecule has 0 heterocycles. The summed E-state index contributed by atoms with van der Waals surface area (Å²) in [6.07, 6.45) is 7.16. The monoisotopic (exact) mass is 232 g/mol. The van der Waals surface area contributed by atoms with E-state index in [1.807, 2.05) is 19.1 Å². The molecule has 0 saturated heterocycles. The van der Waals surface area contributed by atoms with Crippen molar-refractivity contribution in [2.24, 2.45) is 21.3 Å². The summed E-state index contributed by atoms with van der Waals surface area (Å²) < 4.78 is 0. The summed E-state index contributed by atoms with van der Waals surface area (Å²) in [5.41, 5.74) is 2.04. The van der Waals surface area contributed by atoms with E-state index in [2.05, 4.69) is 23.8 Å². The smallest absolute Gasteiger partial charge is 0.211 e. The lowest BCUT2D eigenvalue weighted by atomic mass is 9.68. The zero-order valence-corrected chi connectivity index (χ0v) is 10.4. The Bertz CT molecular complexity index is 448. The zero-order chi connectivity index (χ0) is 12.9. The second-order valence-electron chi connectivity index (χ2n) is 4.69. The van der Waals surface area contributed by atoms with E-state index in [0.29, 0.717) is 13.1 Å². The average molecular weight is 232 g/mol. The molecule has 0 saturated carbocycles. The third kappa shape index (κ3) is 2.88. The first kappa shape index (κ1) is 13.3. The van der Waals surface area contributed by atoms with Gasteiger partial charge in [-0.2, -0.15) is 0 Å². The van der Waals surface area contributed by atoms with Gasteiger partial charge in [0.05, 0.1) is 13.1 Å². The molecule has 0 aromatic rings. The molecule has 0 bridgehead atoms. The van der Waals surface area contributed by atoms with Crippen molar-refractivity contribution in [3.8, 4) is 0 Å². The highest BCUT2D eigenvalue weighted by Gasteiger charge is 2.34. The maximum atomic E-state index is 10.2. The highest BCUT2D eigenvalue weighted by molar-refractivity contribution is 5.40. The number of isocyanates is 2. The second kappa shape index (κ2) is 5.53. The minimum absolute atomic E-state index is 0.129. The Morgan fingerprint density at radius 2 is 1.94 bits per heavy atom. The van der Waals surface area contributed by atoms with Crippen LogP contribution in [0.2, 0.25) is 0 Å². The van der Waals surface area contributed by atoms with Gasteiger partial charge < -0.3 is 0 Å². The molecule has 0 spiro atoms. The van der Waals surface area contributed by atoms with Crippen molar-refractivity contribution in [2.45, 2.75) is 20.8 Å². The van der Waals surface area contributed by atoms with Gasteiger partial charge in [-0.05, 0) is 23.5 Å². The fourth-order valence-corrected chi connectivity index (χ4v) is 2.20. The van der Waals surface area contributed by atoms with E-state index in [0.717, 1.165) is 11.1 Å². The molecule has 0 N–H and O–H groups in total. The molecule has 0 amide bonds. The summed E-state index contributed by atoms with van der Waals surface area (Å²) in [4.78, 5) is 27.7. The summed E-state index contributed by atoms with van der Waals surface area (Å²) in [6.45, 7) is 6.90. The molecule has 1 aliphatic rings. The van der Waals surface area contributed by atoms with Crippen molar-refractivity contribution >= 4 is 12.2 Å². The summed E-state index contributed by atoms with van der Waals surface area (Å²) in [5.74, 6) is 0.129. The topological polar surface area (TPSA) is 58.9 Å². The van der Waals surface area contributed by atoms with E-state index in [-0.39, 0.29) is 11.3 Å². The number of hydrogen-bond acceptors (Lipinski definition) is 4. The van der Waals surface area contributed by atoms with E-state index in [1.165, 1.54) is 0 Å². The van der Waals surface area contributed by atoms with Crippen LogP contribution in [0.3, 0.4) is 0 Å². The molecule has 4 nitrogen and oxygen atoms in total. The predicted octanol–water partition coefficient (Wildman–Crippen LogP) is 2.19. The number of aliphatic imine (C=N–C) groups is 2. The normalized spacial score (nSPS) is 21.7. The highest BCUT2D eigenvalue weighted by Crippen LogP contribution is 2.41. The van der Waals surface area contributed by atoms with Crippen LogP contribution in [-0.4, -0.2) is 25.2 Å². The quantitative estimate of drug-likeness (QED) is 0.551. The summed E-state index contributed by atoms with van der Waals surface area (Å²) in [5, 5.41) is 0. The van der Waals surface area contributed by atoms with Crippen molar-refractivity contribution in [3.05, 3.63) is 23.3 Å². The Morgan fingerprint density at radius 1 is 1.29 bits per heavy atom. The third-order valence-corrected chi connectivity index (χ3v) is 3.41. The number of allylic oxidation sites excluding steroid dienone is 2. The largest absolute Gasteiger partial charge is 0.235 e. The Balaban J connectivity index is 3.03. The van der Waals surface area contributed by atoms with Crippen LogP contribution in [0, 0.1) is 11.3 Å². The van der Waals surface area contributed by atoms with Crippen LogP contribution in [0.25, 0.3) is 0 Å². The molecule has 4 heteroatoms. The van der Waals surface area contributed by atoms with Crippen LogP contribution < -0.4 is 0 Å². The lowest BCUT2D eigenvalue weighted by Gasteiger charge is -2.37. The molecule has 0 aromatic heterocycles. The van der Waals surface area contributed by atoms with Crippen LogP contribution in [0.5, 0.6) is 0 Å². The lowest BCUT2D eigenvalue weighted by Crippen LogP contribution is -2.31. The maximum absolute atomic E-state index is 10.2. The molecule has 0 aliphatic heterocycles. The molecular formula is C13H16N2O2. The summed E-state index contributed by atoms with van der Waals surface area (Å²) >= 11 is 0. The van der Waals surface area contributed by atoms with Gasteiger partial charge in [0.1, 0.15) is 0 Å². The summed E-state index contributed by atoms with van der Waals surface area (Å²) in [7, 11) is 0. The molecule has 90 valence electrons. The fraction of sp³-hybridized carbons (Fsp3) is 0.538. The van der Waals surface area contributed by atoms with Gasteiger partial charge >= 0.3 is 0 Å². The number of rotatable bonds is 4. The molecule has 0 radical (unpaired) electrons. The Labute approximate surface area is 101 Å². The van der Waals surface area contributed by atoms with Gasteiger partial charge in [0.2, 0.25) is 12.2 Å². The van der Waals surface area contributed by atoms with Gasteiger partial charge in [-0.15, -0.1) is 0 Å². The molecule has 0 fully saturated rings. The first-order valence-electron chi connectivity index (χ1n) is 5.49. The first-order chi connectivity index (χ1) is 8.04. The number of nitrogens with zero attached hydrogens (tertiary/aromatic N) is 2. The van der Waals surface area contributed by atoms with E-state index in [1.54, 1.807) is 12.2 Å². The van der Waals surface area contributed by atoms with Crippen molar-refractivity contribution in [2.75, 3.05) is 13.1 Å². The molecule has 1 atom stereocenters. The lowest BCUT2D eigenvalue weighted by molar-refractivity contribution is 0.315. The summed E-state index contributed by atoms with van der Waals surface area (Å²) in [6, 6.07) is 0. The molecule has 1 unspecified atom stereocenters. The maximum Gasteiger partial charge on any atom is 0.235 e. The van der Waals surface area contributed by atoms with Crippen molar-refractivity contribution in [3.63, 3.8) is 0 Å². The highest BCUT2D eigenvalue weighted by atomic mass is 16.1. The van der Waals surface area contributed by atoms with Crippen molar-refractivity contribution in [1.29, 1.82) is 0 Å². The molecule has 1 rings (SSSR count). The van der Waals surface area contributed by atoms with Gasteiger partial charge in [-0.25, -0.2) is 19.6 Å². The molecule has 1 aliphatic carbocycles. The van der Waals surface area contributed by atoms with Crippen molar-refractivity contribution in [1.82, 2.24) is 0 Å². The molecule has 0 aromatic carbocycles. The number of hydrogen-bond donors (Lipinski definition) is 0. The van der Waals surface area contributed by atoms with E-state index >= 15 is 0 Å². The third-order valence-electron chi connectivity index (χ3n) is 3.41. The minimum Gasteiger partial charge on any atom is -0.211 e. The van der Waals surface area contributed by atoms with Crippen LogP contribution in [-0.2, 0) is 9.59 Å². The van der Waals surface area contributed by atoms with E-state index in [9.17, 15) is 9.59 Å². The Kier molecular flexibility index (Phi) is 4.33. The fourth-order valence-electron chi connectivity index (χ4n) is 2.20. The average Bonchev–Trinajstić information content (AvgIpc) is 2.27. The van der Waals surface area contributed by atoms with Gasteiger partial charge in [0, 0.05) is 5.92 Å². The zero-order valence-electron chi connectivity index (χ0n) is 10.4. The molecule has 17 heavy (non-hydrogen) atoms. The van der Waals surface area contributed by atoms with Crippen LogP contribution in [0.1, 0.15) is 20.8 Å². The van der Waals surface area contributed by atoms with E-state index in [4.69, 9.17) is 0 Å². The van der Waals surface area contributed by atoms with Gasteiger partial charge in [0.15, 0.2) is 0 Å². The van der Waals surface area contributed by atoms with Crippen LogP contribution in [0.15, 0.2) is 33.3 Å². The van der Waals surface area contributed by atoms with Crippen molar-refractivity contribution < 1.29 is 9.59 Å². The van der Waals surface area contributed by atoms with Crippen LogP contribution >= 0.6 is 0 Å². The second-order valence-corrected chi connectivity index (χ2v) is 4.69. The number of carbonyl (C=O) groups excluding carboxylic acids is 2.